The molecule has 0 unspecified atom stereocenters. The van der Waals surface area contributed by atoms with Gasteiger partial charge in [-0.25, -0.2) is 0 Å². The van der Waals surface area contributed by atoms with E-state index in [4.69, 9.17) is 9.84 Å². The van der Waals surface area contributed by atoms with Crippen molar-refractivity contribution in [2.45, 2.75) is 13.3 Å². The SMILES string of the molecule is Cc1c(CC(=O)O)c(=O)c2cc(Oc3ccccc3)ccc2n1C. The van der Waals surface area contributed by atoms with Crippen LogP contribution in [0.25, 0.3) is 10.9 Å². The van der Waals surface area contributed by atoms with Gasteiger partial charge in [-0.05, 0) is 37.3 Å². The van der Waals surface area contributed by atoms with Crippen LogP contribution in [0.2, 0.25) is 0 Å². The second kappa shape index (κ2) is 6.20. The minimum atomic E-state index is -1.02. The molecule has 24 heavy (non-hydrogen) atoms. The number of benzene rings is 2. The van der Waals surface area contributed by atoms with E-state index >= 15 is 0 Å². The predicted molar refractivity (Wildman–Crippen MR) is 91.8 cm³/mol. The molecule has 0 spiro atoms. The lowest BCUT2D eigenvalue weighted by atomic mass is 10.0. The Balaban J connectivity index is 2.14. The summed E-state index contributed by atoms with van der Waals surface area (Å²) in [5.41, 5.74) is 1.44. The van der Waals surface area contributed by atoms with Gasteiger partial charge >= 0.3 is 5.97 Å². The topological polar surface area (TPSA) is 68.5 Å². The highest BCUT2D eigenvalue weighted by Crippen LogP contribution is 2.25. The molecular weight excluding hydrogens is 306 g/mol. The zero-order valence-electron chi connectivity index (χ0n) is 13.4. The van der Waals surface area contributed by atoms with Gasteiger partial charge in [-0.1, -0.05) is 18.2 Å². The first kappa shape index (κ1) is 15.8. The van der Waals surface area contributed by atoms with Gasteiger partial charge in [-0.15, -0.1) is 0 Å². The van der Waals surface area contributed by atoms with Crippen molar-refractivity contribution in [3.05, 3.63) is 70.0 Å². The Morgan fingerprint density at radius 3 is 2.50 bits per heavy atom. The molecule has 3 rings (SSSR count). The number of ether oxygens (including phenoxy) is 1. The maximum absolute atomic E-state index is 12.7. The van der Waals surface area contributed by atoms with Crippen LogP contribution in [0.4, 0.5) is 0 Å². The summed E-state index contributed by atoms with van der Waals surface area (Å²) in [6, 6.07) is 14.5. The first-order valence-corrected chi connectivity index (χ1v) is 7.54. The summed E-state index contributed by atoms with van der Waals surface area (Å²) in [6.07, 6.45) is -0.293. The van der Waals surface area contributed by atoms with Gasteiger partial charge < -0.3 is 14.4 Å². The molecule has 1 heterocycles. The molecule has 0 aliphatic carbocycles. The van der Waals surface area contributed by atoms with Crippen molar-refractivity contribution in [2.24, 2.45) is 7.05 Å². The standard InChI is InChI=1S/C19H17NO4/c1-12-15(11-18(21)22)19(23)16-10-14(8-9-17(16)20(12)2)24-13-6-4-3-5-7-13/h3-10H,11H2,1-2H3,(H,21,22). The predicted octanol–water partition coefficient (Wildman–Crippen LogP) is 3.27. The second-order valence-corrected chi connectivity index (χ2v) is 5.62. The van der Waals surface area contributed by atoms with Crippen LogP contribution in [0.15, 0.2) is 53.3 Å². The first-order chi connectivity index (χ1) is 11.5. The molecule has 0 amide bonds. The van der Waals surface area contributed by atoms with E-state index in [-0.39, 0.29) is 11.8 Å². The van der Waals surface area contributed by atoms with E-state index in [1.165, 1.54) is 0 Å². The molecule has 0 aliphatic heterocycles. The van der Waals surface area contributed by atoms with E-state index in [9.17, 15) is 9.59 Å². The number of aryl methyl sites for hydroxylation is 1. The van der Waals surface area contributed by atoms with Crippen molar-refractivity contribution in [3.63, 3.8) is 0 Å². The molecule has 0 bridgehead atoms. The van der Waals surface area contributed by atoms with E-state index in [0.717, 1.165) is 5.52 Å². The van der Waals surface area contributed by atoms with Crippen LogP contribution in [0, 0.1) is 6.92 Å². The Morgan fingerprint density at radius 2 is 1.83 bits per heavy atom. The van der Waals surface area contributed by atoms with Gasteiger partial charge in [0.15, 0.2) is 5.43 Å². The van der Waals surface area contributed by atoms with Gasteiger partial charge in [0, 0.05) is 23.7 Å². The summed E-state index contributed by atoms with van der Waals surface area (Å²) in [5, 5.41) is 9.51. The molecule has 1 N–H and O–H groups in total. The third kappa shape index (κ3) is 2.88. The fraction of sp³-hybridized carbons (Fsp3) is 0.158. The summed E-state index contributed by atoms with van der Waals surface area (Å²) < 4.78 is 7.60. The van der Waals surface area contributed by atoms with Crippen molar-refractivity contribution in [3.8, 4) is 11.5 Å². The van der Waals surface area contributed by atoms with Crippen LogP contribution in [0.1, 0.15) is 11.3 Å². The lowest BCUT2D eigenvalue weighted by Crippen LogP contribution is -2.20. The number of hydrogen-bond acceptors (Lipinski definition) is 3. The third-order valence-corrected chi connectivity index (χ3v) is 4.09. The normalized spacial score (nSPS) is 10.8. The summed E-state index contributed by atoms with van der Waals surface area (Å²) in [4.78, 5) is 23.8. The largest absolute Gasteiger partial charge is 0.481 e. The number of aromatic nitrogens is 1. The summed E-state index contributed by atoms with van der Waals surface area (Å²) in [6.45, 7) is 1.76. The number of hydrogen-bond donors (Lipinski definition) is 1. The highest BCUT2D eigenvalue weighted by molar-refractivity contribution is 5.83. The highest BCUT2D eigenvalue weighted by Gasteiger charge is 2.15. The molecule has 5 heteroatoms. The van der Waals surface area contributed by atoms with Gasteiger partial charge in [-0.3, -0.25) is 9.59 Å². The fourth-order valence-electron chi connectivity index (χ4n) is 2.75. The summed E-state index contributed by atoms with van der Waals surface area (Å²) in [5.74, 6) is 0.189. The van der Waals surface area contributed by atoms with Crippen LogP contribution in [-0.4, -0.2) is 15.6 Å². The minimum Gasteiger partial charge on any atom is -0.481 e. The van der Waals surface area contributed by atoms with Gasteiger partial charge in [0.05, 0.1) is 11.9 Å². The number of carboxylic acids is 1. The van der Waals surface area contributed by atoms with Gasteiger partial charge in [0.1, 0.15) is 11.5 Å². The number of carbonyl (C=O) groups is 1. The quantitative estimate of drug-likeness (QED) is 0.800. The molecule has 1 aromatic heterocycles. The molecule has 2 aromatic carbocycles. The van der Waals surface area contributed by atoms with Crippen molar-refractivity contribution in [1.29, 1.82) is 0 Å². The molecule has 0 saturated carbocycles. The van der Waals surface area contributed by atoms with Crippen LogP contribution in [-0.2, 0) is 18.3 Å². The van der Waals surface area contributed by atoms with E-state index in [1.54, 1.807) is 19.1 Å². The first-order valence-electron chi connectivity index (χ1n) is 7.54. The van der Waals surface area contributed by atoms with E-state index in [2.05, 4.69) is 0 Å². The molecule has 0 fully saturated rings. The van der Waals surface area contributed by atoms with Crippen molar-refractivity contribution in [2.75, 3.05) is 0 Å². The number of nitrogens with zero attached hydrogens (tertiary/aromatic N) is 1. The Labute approximate surface area is 138 Å². The average Bonchev–Trinajstić information content (AvgIpc) is 2.57. The Kier molecular flexibility index (Phi) is 4.08. The molecule has 122 valence electrons. The van der Waals surface area contributed by atoms with Crippen molar-refractivity contribution >= 4 is 16.9 Å². The number of para-hydroxylation sites is 1. The number of fused-ring (bicyclic) bond motifs is 1. The smallest absolute Gasteiger partial charge is 0.308 e. The Morgan fingerprint density at radius 1 is 1.12 bits per heavy atom. The van der Waals surface area contributed by atoms with Crippen LogP contribution >= 0.6 is 0 Å². The average molecular weight is 323 g/mol. The monoisotopic (exact) mass is 323 g/mol. The van der Waals surface area contributed by atoms with Crippen LogP contribution in [0.3, 0.4) is 0 Å². The fourth-order valence-corrected chi connectivity index (χ4v) is 2.75. The lowest BCUT2D eigenvalue weighted by molar-refractivity contribution is -0.136. The molecule has 0 atom stereocenters. The number of aliphatic carboxylic acids is 1. The second-order valence-electron chi connectivity index (χ2n) is 5.62. The third-order valence-electron chi connectivity index (χ3n) is 4.09. The maximum Gasteiger partial charge on any atom is 0.308 e. The number of pyridine rings is 1. The Hall–Kier alpha value is -3.08. The highest BCUT2D eigenvalue weighted by atomic mass is 16.5. The van der Waals surface area contributed by atoms with Gasteiger partial charge in [0.2, 0.25) is 0 Å². The molecule has 0 radical (unpaired) electrons. The van der Waals surface area contributed by atoms with Crippen molar-refractivity contribution in [1.82, 2.24) is 4.57 Å². The van der Waals surface area contributed by atoms with E-state index in [0.29, 0.717) is 28.1 Å². The summed E-state index contributed by atoms with van der Waals surface area (Å²) >= 11 is 0. The zero-order chi connectivity index (χ0) is 17.3. The van der Waals surface area contributed by atoms with E-state index < -0.39 is 5.97 Å². The van der Waals surface area contributed by atoms with Crippen LogP contribution in [0.5, 0.6) is 11.5 Å². The van der Waals surface area contributed by atoms with Gasteiger partial charge in [-0.2, -0.15) is 0 Å². The zero-order valence-corrected chi connectivity index (χ0v) is 13.4. The summed E-state index contributed by atoms with van der Waals surface area (Å²) in [7, 11) is 1.82. The van der Waals surface area contributed by atoms with Crippen molar-refractivity contribution < 1.29 is 14.6 Å². The Bertz CT molecular complexity index is 974. The molecule has 5 nitrogen and oxygen atoms in total. The van der Waals surface area contributed by atoms with Gasteiger partial charge in [0.25, 0.3) is 0 Å². The number of rotatable bonds is 4. The van der Waals surface area contributed by atoms with Crippen LogP contribution < -0.4 is 10.2 Å². The van der Waals surface area contributed by atoms with E-state index in [1.807, 2.05) is 48.0 Å². The maximum atomic E-state index is 12.7. The molecule has 3 aromatic rings. The molecule has 0 saturated heterocycles. The molecular formula is C19H17NO4. The molecule has 0 aliphatic rings. The number of carboxylic acid groups (broad SMARTS) is 1. The minimum absolute atomic E-state index is 0.262. The lowest BCUT2D eigenvalue weighted by Gasteiger charge is -2.14.